The van der Waals surface area contributed by atoms with Crippen molar-refractivity contribution in [1.82, 2.24) is 4.98 Å². The number of carbonyl (C=O) groups excluding carboxylic acids is 2. The fourth-order valence-electron chi connectivity index (χ4n) is 2.44. The Morgan fingerprint density at radius 1 is 1.42 bits per heavy atom. The Kier molecular flexibility index (Phi) is 3.06. The van der Waals surface area contributed by atoms with Crippen LogP contribution < -0.4 is 4.90 Å². The third kappa shape index (κ3) is 2.38. The first kappa shape index (κ1) is 12.3. The van der Waals surface area contributed by atoms with E-state index in [1.54, 1.807) is 11.8 Å². The van der Waals surface area contributed by atoms with Crippen LogP contribution in [0.3, 0.4) is 0 Å². The highest BCUT2D eigenvalue weighted by Crippen LogP contribution is 2.30. The van der Waals surface area contributed by atoms with Gasteiger partial charge < -0.3 is 9.88 Å². The lowest BCUT2D eigenvalue weighted by Crippen LogP contribution is -2.24. The second-order valence-electron chi connectivity index (χ2n) is 4.69. The Hall–Kier alpha value is -1.75. The zero-order valence-electron chi connectivity index (χ0n) is 10.6. The van der Waals surface area contributed by atoms with E-state index in [-0.39, 0.29) is 16.3 Å². The zero-order valence-corrected chi connectivity index (χ0v) is 11.4. The molecule has 1 N–H and O–H groups in total. The molecule has 1 aromatic heterocycles. The Balaban J connectivity index is 1.85. The molecule has 1 aromatic carbocycles. The minimum absolute atomic E-state index is 0.0690. The van der Waals surface area contributed by atoms with Crippen molar-refractivity contribution in [3.05, 3.63) is 30.5 Å². The van der Waals surface area contributed by atoms with Crippen LogP contribution in [-0.2, 0) is 9.59 Å². The van der Waals surface area contributed by atoms with Gasteiger partial charge in [0.15, 0.2) is 5.12 Å². The average Bonchev–Trinajstić information content (AvgIpc) is 2.93. The summed E-state index contributed by atoms with van der Waals surface area (Å²) < 4.78 is 0. The molecule has 3 rings (SSSR count). The molecule has 2 aromatic rings. The molecule has 1 atom stereocenters. The summed E-state index contributed by atoms with van der Waals surface area (Å²) in [5.74, 6) is 0.0876. The number of nitrogens with one attached hydrogen (secondary N) is 1. The number of amides is 1. The van der Waals surface area contributed by atoms with Gasteiger partial charge in [-0.2, -0.15) is 0 Å². The second kappa shape index (κ2) is 4.74. The summed E-state index contributed by atoms with van der Waals surface area (Å²) in [6, 6.07) is 7.93. The Morgan fingerprint density at radius 2 is 2.26 bits per heavy atom. The van der Waals surface area contributed by atoms with Gasteiger partial charge in [0.05, 0.1) is 0 Å². The van der Waals surface area contributed by atoms with Gasteiger partial charge in [0.2, 0.25) is 5.91 Å². The van der Waals surface area contributed by atoms with Gasteiger partial charge in [-0.15, -0.1) is 0 Å². The van der Waals surface area contributed by atoms with Crippen molar-refractivity contribution < 1.29 is 9.59 Å². The third-order valence-electron chi connectivity index (χ3n) is 3.27. The number of fused-ring (bicyclic) bond motifs is 1. The number of thioether (sulfide) groups is 1. The fourth-order valence-corrected chi connectivity index (χ4v) is 3.36. The number of benzene rings is 1. The Labute approximate surface area is 115 Å². The molecule has 5 heteroatoms. The predicted octanol–water partition coefficient (Wildman–Crippen LogP) is 2.55. The van der Waals surface area contributed by atoms with Crippen molar-refractivity contribution in [2.45, 2.75) is 18.6 Å². The number of aromatic nitrogens is 1. The van der Waals surface area contributed by atoms with E-state index in [1.807, 2.05) is 30.5 Å². The molecule has 0 spiro atoms. The molecule has 1 saturated heterocycles. The van der Waals surface area contributed by atoms with E-state index in [1.165, 1.54) is 11.8 Å². The molecule has 0 aliphatic carbocycles. The number of anilines is 1. The Bertz CT molecular complexity index is 650. The van der Waals surface area contributed by atoms with Gasteiger partial charge in [0.25, 0.3) is 0 Å². The van der Waals surface area contributed by atoms with Crippen molar-refractivity contribution in [1.29, 1.82) is 0 Å². The van der Waals surface area contributed by atoms with Gasteiger partial charge in [-0.05, 0) is 23.6 Å². The number of hydrogen-bond acceptors (Lipinski definition) is 3. The number of carbonyl (C=O) groups is 2. The van der Waals surface area contributed by atoms with Crippen molar-refractivity contribution in [2.75, 3.05) is 11.4 Å². The van der Waals surface area contributed by atoms with Crippen LogP contribution in [0, 0.1) is 0 Å². The number of H-pyrrole nitrogens is 1. The molecule has 0 radical (unpaired) electrons. The van der Waals surface area contributed by atoms with E-state index in [0.717, 1.165) is 16.6 Å². The molecule has 19 heavy (non-hydrogen) atoms. The number of hydrogen-bond donors (Lipinski definition) is 1. The zero-order chi connectivity index (χ0) is 13.4. The van der Waals surface area contributed by atoms with Gasteiger partial charge in [0, 0.05) is 42.5 Å². The van der Waals surface area contributed by atoms with Crippen LogP contribution in [0.25, 0.3) is 10.9 Å². The van der Waals surface area contributed by atoms with E-state index >= 15 is 0 Å². The largest absolute Gasteiger partial charge is 0.361 e. The number of rotatable bonds is 2. The van der Waals surface area contributed by atoms with Crippen molar-refractivity contribution >= 4 is 39.4 Å². The summed E-state index contributed by atoms with van der Waals surface area (Å²) in [6.45, 7) is 2.15. The monoisotopic (exact) mass is 274 g/mol. The molecule has 1 unspecified atom stereocenters. The highest BCUT2D eigenvalue weighted by Gasteiger charge is 2.31. The van der Waals surface area contributed by atoms with Gasteiger partial charge in [-0.1, -0.05) is 17.8 Å². The van der Waals surface area contributed by atoms with Crippen LogP contribution in [0.15, 0.2) is 30.5 Å². The van der Waals surface area contributed by atoms with Gasteiger partial charge in [0.1, 0.15) is 0 Å². The second-order valence-corrected chi connectivity index (χ2v) is 6.17. The first-order valence-electron chi connectivity index (χ1n) is 6.18. The van der Waals surface area contributed by atoms with Crippen LogP contribution in [-0.4, -0.2) is 27.8 Å². The van der Waals surface area contributed by atoms with E-state index in [0.29, 0.717) is 13.0 Å². The smallest absolute Gasteiger partial charge is 0.228 e. The van der Waals surface area contributed by atoms with Crippen LogP contribution >= 0.6 is 11.8 Å². The molecule has 2 heterocycles. The van der Waals surface area contributed by atoms with E-state index in [2.05, 4.69) is 4.98 Å². The van der Waals surface area contributed by atoms with Crippen molar-refractivity contribution in [2.24, 2.45) is 0 Å². The maximum absolute atomic E-state index is 12.0. The minimum atomic E-state index is 0.0690. The molecule has 1 aliphatic heterocycles. The van der Waals surface area contributed by atoms with Crippen molar-refractivity contribution in [3.63, 3.8) is 0 Å². The quantitative estimate of drug-likeness (QED) is 0.915. The maximum atomic E-state index is 12.0. The minimum Gasteiger partial charge on any atom is -0.361 e. The first-order valence-corrected chi connectivity index (χ1v) is 7.06. The summed E-state index contributed by atoms with van der Waals surface area (Å²) in [4.78, 5) is 28.1. The van der Waals surface area contributed by atoms with Gasteiger partial charge in [-0.25, -0.2) is 0 Å². The number of nitrogens with zero attached hydrogens (tertiary/aromatic N) is 1. The summed E-state index contributed by atoms with van der Waals surface area (Å²) in [5, 5.41) is 1.27. The molecule has 0 bridgehead atoms. The van der Waals surface area contributed by atoms with E-state index in [9.17, 15) is 9.59 Å². The molecular formula is C14H14N2O2S. The molecular weight excluding hydrogens is 260 g/mol. The van der Waals surface area contributed by atoms with Gasteiger partial charge in [-0.3, -0.25) is 9.59 Å². The van der Waals surface area contributed by atoms with Crippen LogP contribution in [0.1, 0.15) is 13.3 Å². The lowest BCUT2D eigenvalue weighted by molar-refractivity contribution is -0.117. The van der Waals surface area contributed by atoms with Crippen LogP contribution in [0.2, 0.25) is 0 Å². The summed E-state index contributed by atoms with van der Waals surface area (Å²) in [6.07, 6.45) is 2.32. The molecule has 1 amide bonds. The third-order valence-corrected chi connectivity index (χ3v) is 4.25. The highest BCUT2D eigenvalue weighted by molar-refractivity contribution is 8.14. The molecule has 0 saturated carbocycles. The molecule has 4 nitrogen and oxygen atoms in total. The average molecular weight is 274 g/mol. The summed E-state index contributed by atoms with van der Waals surface area (Å²) >= 11 is 1.26. The lowest BCUT2D eigenvalue weighted by atomic mass is 10.2. The maximum Gasteiger partial charge on any atom is 0.228 e. The highest BCUT2D eigenvalue weighted by atomic mass is 32.2. The standard InChI is InChI=1S/C14H14N2O2S/c1-9(17)19-12-7-14(18)16(8-12)11-3-2-10-4-5-15-13(10)6-11/h2-6,12,15H,7-8H2,1H3. The molecule has 1 fully saturated rings. The van der Waals surface area contributed by atoms with Gasteiger partial charge >= 0.3 is 0 Å². The normalized spacial score (nSPS) is 19.3. The first-order chi connectivity index (χ1) is 9.13. The number of aromatic amines is 1. The van der Waals surface area contributed by atoms with Crippen LogP contribution in [0.4, 0.5) is 5.69 Å². The summed E-state index contributed by atoms with van der Waals surface area (Å²) in [7, 11) is 0. The summed E-state index contributed by atoms with van der Waals surface area (Å²) in [5.41, 5.74) is 1.92. The van der Waals surface area contributed by atoms with Crippen molar-refractivity contribution in [3.8, 4) is 0 Å². The SMILES string of the molecule is CC(=O)SC1CC(=O)N(c2ccc3cc[nH]c3c2)C1. The topological polar surface area (TPSA) is 53.2 Å². The Morgan fingerprint density at radius 3 is 3.05 bits per heavy atom. The van der Waals surface area contributed by atoms with Crippen LogP contribution in [0.5, 0.6) is 0 Å². The molecule has 1 aliphatic rings. The predicted molar refractivity (Wildman–Crippen MR) is 77.3 cm³/mol. The fraction of sp³-hybridized carbons (Fsp3) is 0.286. The van der Waals surface area contributed by atoms with E-state index < -0.39 is 0 Å². The molecule has 98 valence electrons. The van der Waals surface area contributed by atoms with E-state index in [4.69, 9.17) is 0 Å². The lowest BCUT2D eigenvalue weighted by Gasteiger charge is -2.16.